The van der Waals surface area contributed by atoms with Gasteiger partial charge in [0, 0.05) is 12.0 Å². The Bertz CT molecular complexity index is 703. The maximum Gasteiger partial charge on any atom is 0.263 e. The van der Waals surface area contributed by atoms with Gasteiger partial charge in [0.15, 0.2) is 5.76 Å². The number of oxazole rings is 1. The number of hydrogen-bond donors (Lipinski definition) is 0. The van der Waals surface area contributed by atoms with Crippen LogP contribution in [0.1, 0.15) is 101 Å². The molecule has 158 valence electrons. The molecule has 0 bridgehead atoms. The van der Waals surface area contributed by atoms with Crippen LogP contribution in [0.4, 0.5) is 0 Å². The molecule has 0 saturated heterocycles. The number of carbonyl (C=O) groups excluding carboxylic acids is 1. The number of nitrogens with zero attached hydrogens (tertiary/aromatic N) is 1. The Hall–Kier alpha value is -2.16. The van der Waals surface area contributed by atoms with Gasteiger partial charge in [-0.25, -0.2) is 4.98 Å². The molecule has 1 aromatic heterocycles. The molecule has 0 radical (unpaired) electrons. The van der Waals surface area contributed by atoms with E-state index in [-0.39, 0.29) is 11.7 Å². The minimum Gasteiger partial charge on any atom is -0.434 e. The van der Waals surface area contributed by atoms with Crippen LogP contribution in [0.2, 0.25) is 0 Å². The molecule has 0 unspecified atom stereocenters. The fraction of sp³-hybridized carbons (Fsp3) is 0.538. The lowest BCUT2D eigenvalue weighted by Gasteiger charge is -1.99. The van der Waals surface area contributed by atoms with Crippen LogP contribution in [-0.2, 0) is 0 Å². The molecule has 0 spiro atoms. The molecule has 0 aliphatic rings. The van der Waals surface area contributed by atoms with Gasteiger partial charge in [0.2, 0.25) is 5.78 Å². The Labute approximate surface area is 176 Å². The molecule has 2 rings (SSSR count). The zero-order chi connectivity index (χ0) is 20.6. The van der Waals surface area contributed by atoms with Crippen molar-refractivity contribution < 1.29 is 9.21 Å². The second-order valence-corrected chi connectivity index (χ2v) is 7.80. The summed E-state index contributed by atoms with van der Waals surface area (Å²) >= 11 is 0. The molecule has 3 heteroatoms. The third-order valence-corrected chi connectivity index (χ3v) is 5.22. The fourth-order valence-electron chi connectivity index (χ4n) is 3.43. The topological polar surface area (TPSA) is 43.1 Å². The largest absolute Gasteiger partial charge is 0.434 e. The highest BCUT2D eigenvalue weighted by atomic mass is 16.4. The van der Waals surface area contributed by atoms with Gasteiger partial charge in [0.25, 0.3) is 5.89 Å². The molecule has 0 aliphatic carbocycles. The standard InChI is InChI=1S/C26H37NO2/c1-2-3-4-5-6-7-8-9-10-11-12-13-14-18-21-24(28)26-27-22-25(29-26)23-19-16-15-17-20-23/h9-10,15-17,19-20,22H,2-8,11-14,18,21H2,1H3/b10-9-. The lowest BCUT2D eigenvalue weighted by atomic mass is 10.1. The first-order valence-electron chi connectivity index (χ1n) is 11.5. The summed E-state index contributed by atoms with van der Waals surface area (Å²) in [5, 5.41) is 0. The van der Waals surface area contributed by atoms with E-state index in [0.717, 1.165) is 24.8 Å². The SMILES string of the molecule is CCCCCCCC/C=C\CCCCCCC(=O)c1ncc(-c2ccccc2)o1. The molecule has 0 saturated carbocycles. The summed E-state index contributed by atoms with van der Waals surface area (Å²) in [4.78, 5) is 16.4. The third-order valence-electron chi connectivity index (χ3n) is 5.22. The van der Waals surface area contributed by atoms with Gasteiger partial charge in [-0.05, 0) is 32.1 Å². The first-order chi connectivity index (χ1) is 14.3. The number of Topliss-reactive ketones (excluding diaryl/α,β-unsaturated/α-hetero) is 1. The molecule has 1 aromatic carbocycles. The highest BCUT2D eigenvalue weighted by Gasteiger charge is 2.13. The van der Waals surface area contributed by atoms with Crippen LogP contribution < -0.4 is 0 Å². The van der Waals surface area contributed by atoms with Crippen molar-refractivity contribution in [1.29, 1.82) is 0 Å². The van der Waals surface area contributed by atoms with E-state index in [0.29, 0.717) is 12.2 Å². The second kappa shape index (κ2) is 14.8. The number of unbranched alkanes of at least 4 members (excludes halogenated alkanes) is 10. The number of hydrogen-bond acceptors (Lipinski definition) is 3. The predicted molar refractivity (Wildman–Crippen MR) is 121 cm³/mol. The summed E-state index contributed by atoms with van der Waals surface area (Å²) in [6.45, 7) is 2.26. The van der Waals surface area contributed by atoms with Crippen LogP contribution in [0.5, 0.6) is 0 Å². The van der Waals surface area contributed by atoms with E-state index in [1.165, 1.54) is 57.8 Å². The number of ketones is 1. The minimum absolute atomic E-state index is 0.00557. The van der Waals surface area contributed by atoms with Crippen LogP contribution in [0.25, 0.3) is 11.3 Å². The quantitative estimate of drug-likeness (QED) is 0.163. The fourth-order valence-corrected chi connectivity index (χ4v) is 3.43. The van der Waals surface area contributed by atoms with E-state index in [2.05, 4.69) is 24.1 Å². The van der Waals surface area contributed by atoms with Crippen LogP contribution in [0.3, 0.4) is 0 Å². The highest BCUT2D eigenvalue weighted by molar-refractivity contribution is 5.91. The second-order valence-electron chi connectivity index (χ2n) is 7.80. The van der Waals surface area contributed by atoms with Gasteiger partial charge in [0.05, 0.1) is 6.20 Å². The number of aromatic nitrogens is 1. The summed E-state index contributed by atoms with van der Waals surface area (Å²) in [5.74, 6) is 0.897. The molecule has 0 amide bonds. The van der Waals surface area contributed by atoms with Crippen LogP contribution in [0, 0.1) is 0 Å². The van der Waals surface area contributed by atoms with Crippen molar-refractivity contribution in [2.24, 2.45) is 0 Å². The van der Waals surface area contributed by atoms with E-state index < -0.39 is 0 Å². The van der Waals surface area contributed by atoms with Gasteiger partial charge >= 0.3 is 0 Å². The first kappa shape index (κ1) is 23.1. The van der Waals surface area contributed by atoms with Crippen molar-refractivity contribution in [2.75, 3.05) is 0 Å². The smallest absolute Gasteiger partial charge is 0.263 e. The van der Waals surface area contributed by atoms with E-state index >= 15 is 0 Å². The van der Waals surface area contributed by atoms with Crippen molar-refractivity contribution in [2.45, 2.75) is 90.4 Å². The van der Waals surface area contributed by atoms with E-state index in [1.807, 2.05) is 30.3 Å². The van der Waals surface area contributed by atoms with Crippen LogP contribution >= 0.6 is 0 Å². The van der Waals surface area contributed by atoms with Crippen LogP contribution in [0.15, 0.2) is 53.1 Å². The van der Waals surface area contributed by atoms with Gasteiger partial charge in [-0.15, -0.1) is 0 Å². The monoisotopic (exact) mass is 395 g/mol. The van der Waals surface area contributed by atoms with Gasteiger partial charge in [0.1, 0.15) is 0 Å². The van der Waals surface area contributed by atoms with Gasteiger partial charge in [-0.3, -0.25) is 4.79 Å². The van der Waals surface area contributed by atoms with E-state index in [4.69, 9.17) is 4.42 Å². The van der Waals surface area contributed by atoms with Crippen molar-refractivity contribution >= 4 is 5.78 Å². The molecule has 3 nitrogen and oxygen atoms in total. The summed E-state index contributed by atoms with van der Waals surface area (Å²) < 4.78 is 5.63. The van der Waals surface area contributed by atoms with E-state index in [1.54, 1.807) is 6.20 Å². The average Bonchev–Trinajstić information content (AvgIpc) is 3.25. The molecule has 2 aromatic rings. The zero-order valence-electron chi connectivity index (χ0n) is 18.1. The van der Waals surface area contributed by atoms with Gasteiger partial charge in [-0.1, -0.05) is 94.4 Å². The summed E-state index contributed by atoms with van der Waals surface area (Å²) in [5.41, 5.74) is 0.948. The number of rotatable bonds is 16. The van der Waals surface area contributed by atoms with E-state index in [9.17, 15) is 4.79 Å². The lowest BCUT2D eigenvalue weighted by molar-refractivity contribution is 0.0946. The minimum atomic E-state index is 0.00557. The van der Waals surface area contributed by atoms with Gasteiger partial charge < -0.3 is 4.42 Å². The van der Waals surface area contributed by atoms with Crippen molar-refractivity contribution in [3.05, 3.63) is 54.6 Å². The molecule has 0 N–H and O–H groups in total. The molecule has 0 atom stereocenters. The Morgan fingerprint density at radius 1 is 0.862 bits per heavy atom. The lowest BCUT2D eigenvalue weighted by Crippen LogP contribution is -1.98. The summed E-state index contributed by atoms with van der Waals surface area (Å²) in [6, 6.07) is 9.76. The Kier molecular flexibility index (Phi) is 11.8. The summed E-state index contributed by atoms with van der Waals surface area (Å²) in [6.07, 6.45) is 21.8. The van der Waals surface area contributed by atoms with Crippen molar-refractivity contribution in [3.63, 3.8) is 0 Å². The molecular weight excluding hydrogens is 358 g/mol. The van der Waals surface area contributed by atoms with Gasteiger partial charge in [-0.2, -0.15) is 0 Å². The third kappa shape index (κ3) is 9.74. The Morgan fingerprint density at radius 2 is 1.48 bits per heavy atom. The summed E-state index contributed by atoms with van der Waals surface area (Å²) in [7, 11) is 0. The Balaban J connectivity index is 1.48. The number of allylic oxidation sites excluding steroid dienone is 2. The molecule has 0 fully saturated rings. The Morgan fingerprint density at radius 3 is 2.17 bits per heavy atom. The number of benzene rings is 1. The normalized spacial score (nSPS) is 11.3. The molecule has 0 aliphatic heterocycles. The molecule has 1 heterocycles. The zero-order valence-corrected chi connectivity index (χ0v) is 18.1. The average molecular weight is 396 g/mol. The first-order valence-corrected chi connectivity index (χ1v) is 11.5. The molecule has 29 heavy (non-hydrogen) atoms. The van der Waals surface area contributed by atoms with Crippen molar-refractivity contribution in [1.82, 2.24) is 4.98 Å². The number of carbonyl (C=O) groups is 1. The maximum atomic E-state index is 12.2. The molecular formula is C26H37NO2. The van der Waals surface area contributed by atoms with Crippen molar-refractivity contribution in [3.8, 4) is 11.3 Å². The maximum absolute atomic E-state index is 12.2. The van der Waals surface area contributed by atoms with Crippen LogP contribution in [-0.4, -0.2) is 10.8 Å². The predicted octanol–water partition coefficient (Wildman–Crippen LogP) is 8.17. The highest BCUT2D eigenvalue weighted by Crippen LogP contribution is 2.21.